The number of aliphatic imine (C=N–C) groups is 1. The van der Waals surface area contributed by atoms with Gasteiger partial charge in [0.15, 0.2) is 11.9 Å². The number of hydrogen-bond acceptors (Lipinski definition) is 7. The molecule has 0 bridgehead atoms. The van der Waals surface area contributed by atoms with Crippen LogP contribution in [0.2, 0.25) is 0 Å². The van der Waals surface area contributed by atoms with Crippen LogP contribution in [0.3, 0.4) is 0 Å². The largest absolute Gasteiger partial charge is 0.402 e. The zero-order valence-electron chi connectivity index (χ0n) is 16.2. The molecule has 1 aliphatic rings. The van der Waals surface area contributed by atoms with Crippen LogP contribution in [0.1, 0.15) is 16.7 Å². The van der Waals surface area contributed by atoms with Crippen molar-refractivity contribution in [2.24, 2.45) is 12.0 Å². The third kappa shape index (κ3) is 3.28. The molecule has 0 amide bonds. The Bertz CT molecular complexity index is 1240. The van der Waals surface area contributed by atoms with E-state index in [1.807, 2.05) is 54.6 Å². The summed E-state index contributed by atoms with van der Waals surface area (Å²) in [7, 11) is 1.79. The molecule has 148 valence electrons. The van der Waals surface area contributed by atoms with Crippen LogP contribution in [-0.4, -0.2) is 37.6 Å². The van der Waals surface area contributed by atoms with Crippen LogP contribution in [0.25, 0.3) is 11.6 Å². The first kappa shape index (κ1) is 18.0. The van der Waals surface area contributed by atoms with Crippen molar-refractivity contribution in [1.29, 1.82) is 0 Å². The minimum absolute atomic E-state index is 0.0753. The van der Waals surface area contributed by atoms with Gasteiger partial charge < -0.3 is 9.73 Å². The molecule has 8 heteroatoms. The van der Waals surface area contributed by atoms with Crippen molar-refractivity contribution in [3.05, 3.63) is 83.6 Å². The summed E-state index contributed by atoms with van der Waals surface area (Å²) in [4.78, 5) is 17.7. The number of anilines is 1. The third-order valence-electron chi connectivity index (χ3n) is 4.97. The summed E-state index contributed by atoms with van der Waals surface area (Å²) in [6.45, 7) is 0. The van der Waals surface area contributed by atoms with E-state index in [0.717, 1.165) is 22.4 Å². The van der Waals surface area contributed by atoms with E-state index in [-0.39, 0.29) is 18.2 Å². The summed E-state index contributed by atoms with van der Waals surface area (Å²) in [6, 6.07) is 19.6. The zero-order valence-corrected chi connectivity index (χ0v) is 16.2. The van der Waals surface area contributed by atoms with Crippen LogP contribution in [0, 0.1) is 0 Å². The van der Waals surface area contributed by atoms with Crippen LogP contribution in [-0.2, 0) is 18.3 Å². The lowest BCUT2D eigenvalue weighted by Crippen LogP contribution is -2.29. The highest BCUT2D eigenvalue weighted by molar-refractivity contribution is 6.16. The Morgan fingerprint density at radius 3 is 2.63 bits per heavy atom. The highest BCUT2D eigenvalue weighted by Gasteiger charge is 2.27. The maximum Gasteiger partial charge on any atom is 0.317 e. The minimum Gasteiger partial charge on any atom is -0.402 e. The van der Waals surface area contributed by atoms with E-state index in [1.54, 1.807) is 24.0 Å². The molecular formula is C22H18N6O2. The number of carbonyl (C=O) groups excluding carboxylic acids is 1. The molecular weight excluding hydrogens is 380 g/mol. The lowest BCUT2D eigenvalue weighted by Gasteiger charge is -2.11. The van der Waals surface area contributed by atoms with Gasteiger partial charge in [0, 0.05) is 30.8 Å². The topological polar surface area (TPSA) is 98.2 Å². The molecule has 0 aliphatic carbocycles. The molecule has 0 radical (unpaired) electrons. The van der Waals surface area contributed by atoms with Gasteiger partial charge in [-0.25, -0.2) is 0 Å². The van der Waals surface area contributed by atoms with Gasteiger partial charge in [-0.3, -0.25) is 14.5 Å². The summed E-state index contributed by atoms with van der Waals surface area (Å²) in [6.07, 6.45) is 1.07. The Morgan fingerprint density at radius 2 is 1.83 bits per heavy atom. The summed E-state index contributed by atoms with van der Waals surface area (Å²) >= 11 is 0. The first-order chi connectivity index (χ1) is 14.7. The fourth-order valence-corrected chi connectivity index (χ4v) is 3.49. The molecule has 0 spiro atoms. The smallest absolute Gasteiger partial charge is 0.317 e. The number of nitrogens with zero attached hydrogens (tertiary/aromatic N) is 5. The van der Waals surface area contributed by atoms with Gasteiger partial charge in [0.1, 0.15) is 5.69 Å². The number of fused-ring (bicyclic) bond motifs is 1. The summed E-state index contributed by atoms with van der Waals surface area (Å²) in [5.41, 5.74) is 4.26. The number of carbonyl (C=O) groups is 1. The molecule has 2 aromatic heterocycles. The lowest BCUT2D eigenvalue weighted by atomic mass is 9.96. The highest BCUT2D eigenvalue weighted by atomic mass is 16.4. The number of aromatic nitrogens is 4. The predicted octanol–water partition coefficient (Wildman–Crippen LogP) is 2.87. The van der Waals surface area contributed by atoms with Gasteiger partial charge >= 0.3 is 6.01 Å². The maximum atomic E-state index is 13.0. The predicted molar refractivity (Wildman–Crippen MR) is 111 cm³/mol. The Balaban J connectivity index is 1.52. The van der Waals surface area contributed by atoms with Gasteiger partial charge in [-0.1, -0.05) is 59.7 Å². The SMILES string of the molecule is Cn1nccc1-c1nnc(NC2N=C(c3ccccc3)c3ccccc3CC2=O)o1. The van der Waals surface area contributed by atoms with E-state index >= 15 is 0 Å². The van der Waals surface area contributed by atoms with Crippen molar-refractivity contribution in [3.63, 3.8) is 0 Å². The van der Waals surface area contributed by atoms with E-state index in [0.29, 0.717) is 11.6 Å². The van der Waals surface area contributed by atoms with Crippen LogP contribution in [0.4, 0.5) is 6.01 Å². The third-order valence-corrected chi connectivity index (χ3v) is 4.97. The molecule has 0 saturated heterocycles. The molecule has 1 unspecified atom stereocenters. The number of nitrogens with one attached hydrogen (secondary N) is 1. The van der Waals surface area contributed by atoms with Crippen molar-refractivity contribution >= 4 is 17.5 Å². The molecule has 1 aliphatic heterocycles. The second-order valence-electron chi connectivity index (χ2n) is 6.94. The monoisotopic (exact) mass is 398 g/mol. The summed E-state index contributed by atoms with van der Waals surface area (Å²) < 4.78 is 7.34. The van der Waals surface area contributed by atoms with E-state index in [1.165, 1.54) is 0 Å². The van der Waals surface area contributed by atoms with E-state index in [4.69, 9.17) is 9.41 Å². The molecule has 0 saturated carbocycles. The summed E-state index contributed by atoms with van der Waals surface area (Å²) in [5.74, 6) is 0.239. The van der Waals surface area contributed by atoms with E-state index in [9.17, 15) is 4.79 Å². The average molecular weight is 398 g/mol. The number of Topliss-reactive ketones (excluding diaryl/α,β-unsaturated/α-hetero) is 1. The number of rotatable bonds is 4. The van der Waals surface area contributed by atoms with Crippen molar-refractivity contribution < 1.29 is 9.21 Å². The van der Waals surface area contributed by atoms with Crippen molar-refractivity contribution in [3.8, 4) is 11.6 Å². The van der Waals surface area contributed by atoms with Crippen LogP contribution < -0.4 is 5.32 Å². The van der Waals surface area contributed by atoms with Crippen LogP contribution in [0.15, 0.2) is 76.3 Å². The van der Waals surface area contributed by atoms with Crippen LogP contribution >= 0.6 is 0 Å². The second-order valence-corrected chi connectivity index (χ2v) is 6.94. The van der Waals surface area contributed by atoms with Gasteiger partial charge in [0.2, 0.25) is 0 Å². The number of hydrogen-bond donors (Lipinski definition) is 1. The molecule has 1 atom stereocenters. The molecule has 4 aromatic rings. The average Bonchev–Trinajstić information content (AvgIpc) is 3.37. The quantitative estimate of drug-likeness (QED) is 0.568. The fraction of sp³-hybridized carbons (Fsp3) is 0.136. The first-order valence-electron chi connectivity index (χ1n) is 9.51. The van der Waals surface area contributed by atoms with Crippen molar-refractivity contribution in [2.75, 3.05) is 5.32 Å². The Kier molecular flexibility index (Phi) is 4.44. The van der Waals surface area contributed by atoms with Crippen molar-refractivity contribution in [1.82, 2.24) is 20.0 Å². The normalized spacial score (nSPS) is 16.0. The van der Waals surface area contributed by atoms with Crippen LogP contribution in [0.5, 0.6) is 0 Å². The zero-order chi connectivity index (χ0) is 20.5. The molecule has 1 N–H and O–H groups in total. The Hall–Kier alpha value is -4.07. The van der Waals surface area contributed by atoms with E-state index < -0.39 is 6.17 Å². The molecule has 0 fully saturated rings. The van der Waals surface area contributed by atoms with Gasteiger partial charge in [-0.05, 0) is 11.6 Å². The molecule has 30 heavy (non-hydrogen) atoms. The van der Waals surface area contributed by atoms with Gasteiger partial charge in [-0.15, -0.1) is 5.10 Å². The highest BCUT2D eigenvalue weighted by Crippen LogP contribution is 2.24. The van der Waals surface area contributed by atoms with Gasteiger partial charge in [0.25, 0.3) is 5.89 Å². The molecule has 3 heterocycles. The molecule has 8 nitrogen and oxygen atoms in total. The first-order valence-corrected chi connectivity index (χ1v) is 9.51. The standard InChI is InChI=1S/C22H18N6O2/c1-28-17(11-12-23-28)21-26-27-22(30-21)25-20-18(29)13-15-9-5-6-10-16(15)19(24-20)14-7-3-2-4-8-14/h2-12,20H,13H2,1H3,(H,25,27). The van der Waals surface area contributed by atoms with Gasteiger partial charge in [-0.2, -0.15) is 5.10 Å². The lowest BCUT2D eigenvalue weighted by molar-refractivity contribution is -0.119. The number of ketones is 1. The molecule has 5 rings (SSSR count). The summed E-state index contributed by atoms with van der Waals surface area (Å²) in [5, 5.41) is 15.2. The number of aryl methyl sites for hydroxylation is 1. The minimum atomic E-state index is -0.840. The Morgan fingerprint density at radius 1 is 1.03 bits per heavy atom. The number of benzene rings is 2. The second kappa shape index (κ2) is 7.40. The van der Waals surface area contributed by atoms with Gasteiger partial charge in [0.05, 0.1) is 5.71 Å². The fourth-order valence-electron chi connectivity index (χ4n) is 3.49. The van der Waals surface area contributed by atoms with E-state index in [2.05, 4.69) is 20.6 Å². The maximum absolute atomic E-state index is 13.0. The molecule has 2 aromatic carbocycles. The van der Waals surface area contributed by atoms with Crippen molar-refractivity contribution in [2.45, 2.75) is 12.6 Å². The Labute approximate surface area is 172 Å².